The molecular formula is C19H26N2O2. The molecule has 0 bridgehead atoms. The molecule has 124 valence electrons. The number of likely N-dealkylation sites (tertiary alicyclic amines) is 1. The van der Waals surface area contributed by atoms with Gasteiger partial charge in [0.05, 0.1) is 5.92 Å². The maximum atomic E-state index is 13.0. The normalized spacial score (nSPS) is 26.3. The van der Waals surface area contributed by atoms with Crippen molar-refractivity contribution in [1.29, 1.82) is 0 Å². The Bertz CT molecular complexity index is 543. The zero-order chi connectivity index (χ0) is 15.6. The fraction of sp³-hybridized carbons (Fsp3) is 0.632. The molecule has 0 unspecified atom stereocenters. The van der Waals surface area contributed by atoms with Crippen LogP contribution < -0.4 is 0 Å². The van der Waals surface area contributed by atoms with Crippen molar-refractivity contribution in [3.8, 4) is 0 Å². The molecule has 1 aromatic carbocycles. The Kier molecular flexibility index (Phi) is 4.36. The molecule has 3 aliphatic heterocycles. The van der Waals surface area contributed by atoms with E-state index < -0.39 is 0 Å². The summed E-state index contributed by atoms with van der Waals surface area (Å²) in [5, 5.41) is 0. The van der Waals surface area contributed by atoms with E-state index in [1.165, 1.54) is 11.1 Å². The summed E-state index contributed by atoms with van der Waals surface area (Å²) < 4.78 is 5.48. The van der Waals surface area contributed by atoms with E-state index in [4.69, 9.17) is 4.74 Å². The van der Waals surface area contributed by atoms with Gasteiger partial charge in [0.15, 0.2) is 0 Å². The van der Waals surface area contributed by atoms with Gasteiger partial charge < -0.3 is 9.64 Å². The summed E-state index contributed by atoms with van der Waals surface area (Å²) in [6, 6.07) is 9.06. The lowest BCUT2D eigenvalue weighted by atomic mass is 9.93. The molecule has 1 atom stereocenters. The number of carbonyl (C=O) groups is 1. The molecule has 0 aliphatic carbocycles. The number of nitrogens with zero attached hydrogens (tertiary/aromatic N) is 2. The van der Waals surface area contributed by atoms with Crippen molar-refractivity contribution < 1.29 is 9.53 Å². The van der Waals surface area contributed by atoms with E-state index in [1.807, 2.05) is 0 Å². The molecule has 0 saturated carbocycles. The van der Waals surface area contributed by atoms with Gasteiger partial charge in [0.1, 0.15) is 0 Å². The first kappa shape index (κ1) is 15.2. The van der Waals surface area contributed by atoms with Gasteiger partial charge in [-0.15, -0.1) is 0 Å². The molecule has 3 aliphatic rings. The second-order valence-electron chi connectivity index (χ2n) is 7.14. The third kappa shape index (κ3) is 3.15. The van der Waals surface area contributed by atoms with Gasteiger partial charge in [-0.25, -0.2) is 0 Å². The predicted molar refractivity (Wildman–Crippen MR) is 88.8 cm³/mol. The molecule has 2 saturated heterocycles. The summed E-state index contributed by atoms with van der Waals surface area (Å²) in [5.74, 6) is 0.541. The maximum absolute atomic E-state index is 13.0. The van der Waals surface area contributed by atoms with Gasteiger partial charge in [-0.1, -0.05) is 24.3 Å². The van der Waals surface area contributed by atoms with Gasteiger partial charge in [0, 0.05) is 38.9 Å². The van der Waals surface area contributed by atoms with Crippen LogP contribution in [0.15, 0.2) is 24.3 Å². The first-order valence-electron chi connectivity index (χ1n) is 8.98. The van der Waals surface area contributed by atoms with Gasteiger partial charge in [0.2, 0.25) is 5.91 Å². The molecule has 1 amide bonds. The number of rotatable bonds is 2. The Morgan fingerprint density at radius 1 is 1.04 bits per heavy atom. The van der Waals surface area contributed by atoms with Crippen LogP contribution in [0.1, 0.15) is 36.8 Å². The van der Waals surface area contributed by atoms with Gasteiger partial charge in [-0.2, -0.15) is 0 Å². The minimum Gasteiger partial charge on any atom is -0.381 e. The number of benzene rings is 1. The molecule has 23 heavy (non-hydrogen) atoms. The van der Waals surface area contributed by atoms with Gasteiger partial charge in [0.25, 0.3) is 0 Å². The Balaban J connectivity index is 1.39. The molecule has 2 fully saturated rings. The second kappa shape index (κ2) is 6.62. The number of fused-ring (bicyclic) bond motifs is 1. The molecule has 0 radical (unpaired) electrons. The molecule has 4 rings (SSSR count). The largest absolute Gasteiger partial charge is 0.381 e. The van der Waals surface area contributed by atoms with Crippen LogP contribution in [0.4, 0.5) is 0 Å². The second-order valence-corrected chi connectivity index (χ2v) is 7.14. The van der Waals surface area contributed by atoms with Crippen LogP contribution >= 0.6 is 0 Å². The zero-order valence-electron chi connectivity index (χ0n) is 13.7. The van der Waals surface area contributed by atoms with Crippen LogP contribution in [0.5, 0.6) is 0 Å². The first-order valence-corrected chi connectivity index (χ1v) is 8.98. The summed E-state index contributed by atoms with van der Waals surface area (Å²) in [6.07, 6.45) is 4.44. The monoisotopic (exact) mass is 314 g/mol. The van der Waals surface area contributed by atoms with E-state index in [0.29, 0.717) is 11.9 Å². The minimum atomic E-state index is 0.181. The van der Waals surface area contributed by atoms with Crippen molar-refractivity contribution in [1.82, 2.24) is 9.80 Å². The van der Waals surface area contributed by atoms with E-state index in [1.54, 1.807) is 0 Å². The average Bonchev–Trinajstić information content (AvgIpc) is 3.06. The lowest BCUT2D eigenvalue weighted by Gasteiger charge is -2.40. The molecular weight excluding hydrogens is 288 g/mol. The highest BCUT2D eigenvalue weighted by Gasteiger charge is 2.34. The highest BCUT2D eigenvalue weighted by Crippen LogP contribution is 2.28. The molecule has 0 spiro atoms. The fourth-order valence-corrected chi connectivity index (χ4v) is 4.34. The molecule has 3 heterocycles. The van der Waals surface area contributed by atoms with Crippen LogP contribution in [-0.4, -0.2) is 48.1 Å². The number of ether oxygens (including phenoxy) is 1. The lowest BCUT2D eigenvalue weighted by molar-refractivity contribution is -0.138. The minimum absolute atomic E-state index is 0.181. The lowest BCUT2D eigenvalue weighted by Crippen LogP contribution is -2.48. The topological polar surface area (TPSA) is 32.8 Å². The molecule has 0 aromatic heterocycles. The van der Waals surface area contributed by atoms with Crippen molar-refractivity contribution in [2.75, 3.05) is 26.3 Å². The van der Waals surface area contributed by atoms with Gasteiger partial charge in [-0.05, 0) is 43.4 Å². The number of piperidine rings is 1. The van der Waals surface area contributed by atoms with Crippen molar-refractivity contribution in [2.45, 2.75) is 44.8 Å². The third-order valence-electron chi connectivity index (χ3n) is 5.66. The predicted octanol–water partition coefficient (Wildman–Crippen LogP) is 2.42. The SMILES string of the molecule is O=C([C@H]1CCCN(C2CCOCC2)C1)N1Cc2ccccc2C1. The van der Waals surface area contributed by atoms with E-state index in [9.17, 15) is 4.79 Å². The van der Waals surface area contributed by atoms with E-state index in [0.717, 1.165) is 65.1 Å². The highest BCUT2D eigenvalue weighted by atomic mass is 16.5. The summed E-state index contributed by atoms with van der Waals surface area (Å²) in [7, 11) is 0. The summed E-state index contributed by atoms with van der Waals surface area (Å²) in [6.45, 7) is 5.43. The van der Waals surface area contributed by atoms with Crippen molar-refractivity contribution in [2.24, 2.45) is 5.92 Å². The fourth-order valence-electron chi connectivity index (χ4n) is 4.34. The van der Waals surface area contributed by atoms with Crippen molar-refractivity contribution in [3.63, 3.8) is 0 Å². The Labute approximate surface area is 138 Å². The molecule has 1 aromatic rings. The average molecular weight is 314 g/mol. The summed E-state index contributed by atoms with van der Waals surface area (Å²) in [4.78, 5) is 17.6. The summed E-state index contributed by atoms with van der Waals surface area (Å²) in [5.41, 5.74) is 2.64. The van der Waals surface area contributed by atoms with Crippen LogP contribution in [0, 0.1) is 5.92 Å². The zero-order valence-corrected chi connectivity index (χ0v) is 13.7. The third-order valence-corrected chi connectivity index (χ3v) is 5.66. The van der Waals surface area contributed by atoms with Crippen LogP contribution in [0.25, 0.3) is 0 Å². The molecule has 4 heteroatoms. The number of carbonyl (C=O) groups excluding carboxylic acids is 1. The Morgan fingerprint density at radius 2 is 1.74 bits per heavy atom. The highest BCUT2D eigenvalue weighted by molar-refractivity contribution is 5.80. The van der Waals surface area contributed by atoms with Gasteiger partial charge >= 0.3 is 0 Å². The number of amides is 1. The Hall–Kier alpha value is -1.39. The van der Waals surface area contributed by atoms with Gasteiger partial charge in [-0.3, -0.25) is 9.69 Å². The quantitative estimate of drug-likeness (QED) is 0.840. The van der Waals surface area contributed by atoms with Crippen molar-refractivity contribution >= 4 is 5.91 Å². The van der Waals surface area contributed by atoms with Crippen LogP contribution in [0.2, 0.25) is 0 Å². The summed E-state index contributed by atoms with van der Waals surface area (Å²) >= 11 is 0. The first-order chi connectivity index (χ1) is 11.3. The van der Waals surface area contributed by atoms with E-state index in [-0.39, 0.29) is 5.92 Å². The van der Waals surface area contributed by atoms with Crippen LogP contribution in [0.3, 0.4) is 0 Å². The van der Waals surface area contributed by atoms with Crippen LogP contribution in [-0.2, 0) is 22.6 Å². The maximum Gasteiger partial charge on any atom is 0.227 e. The van der Waals surface area contributed by atoms with E-state index in [2.05, 4.69) is 34.1 Å². The molecule has 4 nitrogen and oxygen atoms in total. The smallest absolute Gasteiger partial charge is 0.227 e. The number of hydrogen-bond acceptors (Lipinski definition) is 3. The standard InChI is InChI=1S/C19H26N2O2/c22-19(21-12-15-4-1-2-5-16(15)13-21)17-6-3-9-20(14-17)18-7-10-23-11-8-18/h1-2,4-5,17-18H,3,6-14H2/t17-/m0/s1. The van der Waals surface area contributed by atoms with Crippen molar-refractivity contribution in [3.05, 3.63) is 35.4 Å². The van der Waals surface area contributed by atoms with E-state index >= 15 is 0 Å². The molecule has 0 N–H and O–H groups in total. The number of hydrogen-bond donors (Lipinski definition) is 0. The Morgan fingerprint density at radius 3 is 2.43 bits per heavy atom.